The largest absolute Gasteiger partial charge is 0.386 e. The van der Waals surface area contributed by atoms with Gasteiger partial charge in [-0.05, 0) is 24.5 Å². The van der Waals surface area contributed by atoms with Crippen molar-refractivity contribution >= 4 is 11.7 Å². The lowest BCUT2D eigenvalue weighted by Gasteiger charge is -2.24. The molecule has 7 nitrogen and oxygen atoms in total. The summed E-state index contributed by atoms with van der Waals surface area (Å²) < 4.78 is 0. The Hall–Kier alpha value is -2.54. The average molecular weight is 327 g/mol. The summed E-state index contributed by atoms with van der Waals surface area (Å²) in [5.41, 5.74) is 0.0997. The van der Waals surface area contributed by atoms with Crippen LogP contribution in [0.5, 0.6) is 0 Å². The Balaban J connectivity index is 1.45. The van der Waals surface area contributed by atoms with Gasteiger partial charge in [0.25, 0.3) is 0 Å². The Kier molecular flexibility index (Phi) is 5.00. The molecule has 0 bridgehead atoms. The molecule has 1 amide bonds. The molecule has 126 valence electrons. The van der Waals surface area contributed by atoms with Crippen molar-refractivity contribution in [3.8, 4) is 0 Å². The van der Waals surface area contributed by atoms with Crippen LogP contribution in [0.1, 0.15) is 18.4 Å². The minimum atomic E-state index is -0.929. The number of carbonyl (C=O) groups excluding carboxylic acids is 1. The predicted octanol–water partition coefficient (Wildman–Crippen LogP) is 0.562. The number of carbonyl (C=O) groups is 1. The Morgan fingerprint density at radius 3 is 2.92 bits per heavy atom. The quantitative estimate of drug-likeness (QED) is 0.806. The number of hydrogen-bond acceptors (Lipinski definition) is 6. The highest BCUT2D eigenvalue weighted by Gasteiger charge is 2.36. The van der Waals surface area contributed by atoms with Gasteiger partial charge >= 0.3 is 0 Å². The summed E-state index contributed by atoms with van der Waals surface area (Å²) in [6.45, 7) is 1.38. The number of hydrogen-bond donors (Lipinski definition) is 2. The molecule has 1 saturated heterocycles. The van der Waals surface area contributed by atoms with Crippen molar-refractivity contribution in [1.29, 1.82) is 0 Å². The van der Waals surface area contributed by atoms with Crippen molar-refractivity contribution in [2.45, 2.75) is 24.9 Å². The molecule has 0 spiro atoms. The molecule has 1 atom stereocenters. The smallest absolute Gasteiger partial charge is 0.220 e. The number of aliphatic hydroxyl groups is 1. The number of amides is 1. The molecule has 7 heteroatoms. The average Bonchev–Trinajstić information content (AvgIpc) is 3.03. The molecule has 0 saturated carbocycles. The second kappa shape index (κ2) is 7.35. The van der Waals surface area contributed by atoms with E-state index < -0.39 is 5.60 Å². The molecule has 2 N–H and O–H groups in total. The van der Waals surface area contributed by atoms with Crippen molar-refractivity contribution in [1.82, 2.24) is 20.3 Å². The molecule has 0 aromatic carbocycles. The molecular formula is C17H21N5O2. The molecule has 3 rings (SSSR count). The zero-order valence-corrected chi connectivity index (χ0v) is 13.4. The van der Waals surface area contributed by atoms with Crippen molar-refractivity contribution in [3.63, 3.8) is 0 Å². The van der Waals surface area contributed by atoms with E-state index in [1.807, 2.05) is 17.0 Å². The van der Waals surface area contributed by atoms with Gasteiger partial charge < -0.3 is 15.3 Å². The minimum absolute atomic E-state index is 0.0646. The van der Waals surface area contributed by atoms with Gasteiger partial charge in [0.1, 0.15) is 11.4 Å². The van der Waals surface area contributed by atoms with Crippen molar-refractivity contribution in [3.05, 3.63) is 48.7 Å². The van der Waals surface area contributed by atoms with Gasteiger partial charge in [-0.25, -0.2) is 4.98 Å². The number of nitrogens with one attached hydrogen (secondary N) is 1. The fourth-order valence-electron chi connectivity index (χ4n) is 2.81. The summed E-state index contributed by atoms with van der Waals surface area (Å²) in [6, 6.07) is 3.80. The SMILES string of the molecule is O=C(CCc1cccnc1)NC[C@@]1(O)CCN(c2cnccn2)C1. The lowest BCUT2D eigenvalue weighted by atomic mass is 10.0. The number of pyridine rings is 1. The van der Waals surface area contributed by atoms with Gasteiger partial charge in [-0.3, -0.25) is 14.8 Å². The number of rotatable bonds is 6. The van der Waals surface area contributed by atoms with Crippen LogP contribution in [0.4, 0.5) is 5.82 Å². The Labute approximate surface area is 140 Å². The first kappa shape index (κ1) is 16.3. The summed E-state index contributed by atoms with van der Waals surface area (Å²) in [5.74, 6) is 0.682. The third kappa shape index (κ3) is 4.26. The second-order valence-electron chi connectivity index (χ2n) is 6.10. The Morgan fingerprint density at radius 2 is 2.17 bits per heavy atom. The van der Waals surface area contributed by atoms with Crippen molar-refractivity contribution < 1.29 is 9.90 Å². The van der Waals surface area contributed by atoms with Crippen LogP contribution in [0.15, 0.2) is 43.1 Å². The normalized spacial score (nSPS) is 20.1. The highest BCUT2D eigenvalue weighted by atomic mass is 16.3. The van der Waals surface area contributed by atoms with Gasteiger partial charge in [-0.2, -0.15) is 0 Å². The van der Waals surface area contributed by atoms with Crippen LogP contribution in [0.2, 0.25) is 0 Å². The molecule has 0 unspecified atom stereocenters. The van der Waals surface area contributed by atoms with Crippen LogP contribution >= 0.6 is 0 Å². The van der Waals surface area contributed by atoms with Crippen LogP contribution in [0.3, 0.4) is 0 Å². The van der Waals surface area contributed by atoms with Gasteiger partial charge in [-0.1, -0.05) is 6.07 Å². The van der Waals surface area contributed by atoms with Crippen LogP contribution in [0.25, 0.3) is 0 Å². The molecule has 24 heavy (non-hydrogen) atoms. The first-order chi connectivity index (χ1) is 11.6. The third-order valence-corrected chi connectivity index (χ3v) is 4.18. The van der Waals surface area contributed by atoms with E-state index in [-0.39, 0.29) is 12.5 Å². The minimum Gasteiger partial charge on any atom is -0.386 e. The highest BCUT2D eigenvalue weighted by molar-refractivity contribution is 5.76. The molecule has 0 radical (unpaired) electrons. The molecule has 2 aromatic rings. The number of anilines is 1. The van der Waals surface area contributed by atoms with Gasteiger partial charge in [0.15, 0.2) is 0 Å². The Morgan fingerprint density at radius 1 is 1.29 bits per heavy atom. The zero-order valence-electron chi connectivity index (χ0n) is 13.4. The number of aryl methyl sites for hydroxylation is 1. The van der Waals surface area contributed by atoms with Crippen molar-refractivity contribution in [2.24, 2.45) is 0 Å². The van der Waals surface area contributed by atoms with Crippen LogP contribution in [-0.2, 0) is 11.2 Å². The molecule has 0 aliphatic carbocycles. The molecule has 1 fully saturated rings. The second-order valence-corrected chi connectivity index (χ2v) is 6.10. The van der Waals surface area contributed by atoms with E-state index in [0.29, 0.717) is 32.4 Å². The van der Waals surface area contributed by atoms with E-state index in [4.69, 9.17) is 0 Å². The molecule has 1 aliphatic rings. The van der Waals surface area contributed by atoms with Gasteiger partial charge in [0, 0.05) is 50.8 Å². The predicted molar refractivity (Wildman–Crippen MR) is 89.4 cm³/mol. The molecule has 2 aromatic heterocycles. The monoisotopic (exact) mass is 327 g/mol. The van der Waals surface area contributed by atoms with E-state index in [9.17, 15) is 9.90 Å². The summed E-state index contributed by atoms with van der Waals surface area (Å²) in [6.07, 6.45) is 10.0. The fourth-order valence-corrected chi connectivity index (χ4v) is 2.81. The molecule has 1 aliphatic heterocycles. The maximum atomic E-state index is 12.0. The zero-order chi connectivity index (χ0) is 16.8. The maximum absolute atomic E-state index is 12.0. The van der Waals surface area contributed by atoms with E-state index >= 15 is 0 Å². The van der Waals surface area contributed by atoms with Gasteiger partial charge in [0.05, 0.1) is 6.20 Å². The maximum Gasteiger partial charge on any atom is 0.220 e. The van der Waals surface area contributed by atoms with Crippen LogP contribution in [0, 0.1) is 0 Å². The lowest BCUT2D eigenvalue weighted by Crippen LogP contribution is -2.45. The molecule has 3 heterocycles. The number of aromatic nitrogens is 3. The summed E-state index contributed by atoms with van der Waals surface area (Å²) in [5, 5.41) is 13.5. The van der Waals surface area contributed by atoms with Gasteiger partial charge in [0.2, 0.25) is 5.91 Å². The van der Waals surface area contributed by atoms with Crippen LogP contribution < -0.4 is 10.2 Å². The van der Waals surface area contributed by atoms with Crippen molar-refractivity contribution in [2.75, 3.05) is 24.5 Å². The summed E-state index contributed by atoms with van der Waals surface area (Å²) in [7, 11) is 0. The Bertz CT molecular complexity index is 667. The first-order valence-corrected chi connectivity index (χ1v) is 8.04. The van der Waals surface area contributed by atoms with E-state index in [2.05, 4.69) is 20.3 Å². The van der Waals surface area contributed by atoms with Crippen LogP contribution in [-0.4, -0.2) is 51.2 Å². The first-order valence-electron chi connectivity index (χ1n) is 8.04. The van der Waals surface area contributed by atoms with E-state index in [0.717, 1.165) is 11.4 Å². The highest BCUT2D eigenvalue weighted by Crippen LogP contribution is 2.24. The summed E-state index contributed by atoms with van der Waals surface area (Å²) in [4.78, 5) is 26.3. The van der Waals surface area contributed by atoms with Gasteiger partial charge in [-0.15, -0.1) is 0 Å². The molecular weight excluding hydrogens is 306 g/mol. The summed E-state index contributed by atoms with van der Waals surface area (Å²) >= 11 is 0. The lowest BCUT2D eigenvalue weighted by molar-refractivity contribution is -0.122. The third-order valence-electron chi connectivity index (χ3n) is 4.18. The van der Waals surface area contributed by atoms with E-state index in [1.54, 1.807) is 31.0 Å². The fraction of sp³-hybridized carbons (Fsp3) is 0.412. The standard InChI is InChI=1S/C17H21N5O2/c23-16(4-3-14-2-1-6-18-10-14)21-12-17(24)5-9-22(13-17)15-11-19-7-8-20-15/h1-2,6-8,10-11,24H,3-5,9,12-13H2,(H,21,23)/t17-/m0/s1. The topological polar surface area (TPSA) is 91.2 Å². The number of β-amino-alcohol motifs (C(OH)–C–C–N with tert-alkyl or cyclic N) is 1. The number of nitrogens with zero attached hydrogens (tertiary/aromatic N) is 4. The van der Waals surface area contributed by atoms with E-state index in [1.165, 1.54) is 0 Å².